The van der Waals surface area contributed by atoms with Crippen LogP contribution in [0.3, 0.4) is 0 Å². The first kappa shape index (κ1) is 13.0. The number of nitrogens with zero attached hydrogens (tertiary/aromatic N) is 2. The zero-order valence-electron chi connectivity index (χ0n) is 10.9. The van der Waals surface area contributed by atoms with E-state index in [1.807, 2.05) is 18.0 Å². The molecular weight excluding hydrogens is 230 g/mol. The van der Waals surface area contributed by atoms with Crippen molar-refractivity contribution in [1.82, 2.24) is 14.9 Å². The zero-order valence-corrected chi connectivity index (χ0v) is 11.7. The minimum atomic E-state index is 0.516. The summed E-state index contributed by atoms with van der Waals surface area (Å²) in [7, 11) is 0. The number of thioether (sulfide) groups is 1. The van der Waals surface area contributed by atoms with Gasteiger partial charge in [-0.25, -0.2) is 4.98 Å². The normalized spacial score (nSPS) is 18.0. The van der Waals surface area contributed by atoms with Crippen molar-refractivity contribution in [1.29, 1.82) is 0 Å². The molecule has 0 bridgehead atoms. The number of nitrogens with one attached hydrogen (secondary N) is 1. The molecule has 1 heterocycles. The third kappa shape index (κ3) is 3.05. The average Bonchev–Trinajstić information content (AvgIpc) is 2.71. The van der Waals surface area contributed by atoms with Crippen molar-refractivity contribution in [2.24, 2.45) is 0 Å². The van der Waals surface area contributed by atoms with E-state index < -0.39 is 0 Å². The Hall–Kier alpha value is -0.480. The molecule has 1 aliphatic carbocycles. The lowest BCUT2D eigenvalue weighted by Crippen LogP contribution is -2.43. The molecule has 1 saturated carbocycles. The van der Waals surface area contributed by atoms with Gasteiger partial charge in [-0.1, -0.05) is 13.3 Å². The number of rotatable bonds is 7. The number of imidazole rings is 1. The molecule has 0 unspecified atom stereocenters. The summed E-state index contributed by atoms with van der Waals surface area (Å²) >= 11 is 2.02. The molecular formula is C13H23N3S. The molecule has 0 atom stereocenters. The number of hydrogen-bond acceptors (Lipinski definition) is 3. The van der Waals surface area contributed by atoms with Gasteiger partial charge in [0.1, 0.15) is 5.82 Å². The Morgan fingerprint density at radius 1 is 1.53 bits per heavy atom. The van der Waals surface area contributed by atoms with E-state index in [1.54, 1.807) is 0 Å². The Labute approximate surface area is 108 Å². The van der Waals surface area contributed by atoms with Crippen LogP contribution in [-0.4, -0.2) is 27.1 Å². The Bertz CT molecular complexity index is 339. The van der Waals surface area contributed by atoms with Gasteiger partial charge in [0.15, 0.2) is 0 Å². The SMILES string of the molecule is CCCn1ccnc1CNCC1(SC)CCC1. The van der Waals surface area contributed by atoms with Crippen molar-refractivity contribution < 1.29 is 0 Å². The molecule has 1 aromatic rings. The first-order valence-corrected chi connectivity index (χ1v) is 7.78. The van der Waals surface area contributed by atoms with Crippen LogP contribution in [0.4, 0.5) is 0 Å². The number of aryl methyl sites for hydroxylation is 1. The minimum absolute atomic E-state index is 0.516. The lowest BCUT2D eigenvalue weighted by Gasteiger charge is -2.40. The summed E-state index contributed by atoms with van der Waals surface area (Å²) in [5.41, 5.74) is 0. The molecule has 4 heteroatoms. The first-order valence-electron chi connectivity index (χ1n) is 6.55. The van der Waals surface area contributed by atoms with Gasteiger partial charge in [0.2, 0.25) is 0 Å². The van der Waals surface area contributed by atoms with Gasteiger partial charge in [-0.3, -0.25) is 0 Å². The van der Waals surface area contributed by atoms with Crippen LogP contribution in [0.1, 0.15) is 38.4 Å². The van der Waals surface area contributed by atoms with Crippen molar-refractivity contribution in [3.8, 4) is 0 Å². The van der Waals surface area contributed by atoms with Gasteiger partial charge in [0, 0.05) is 30.2 Å². The van der Waals surface area contributed by atoms with Gasteiger partial charge >= 0.3 is 0 Å². The summed E-state index contributed by atoms with van der Waals surface area (Å²) in [6.07, 6.45) is 11.5. The van der Waals surface area contributed by atoms with E-state index in [-0.39, 0.29) is 0 Å². The molecule has 1 N–H and O–H groups in total. The maximum absolute atomic E-state index is 4.42. The van der Waals surface area contributed by atoms with Gasteiger partial charge in [-0.05, 0) is 25.5 Å². The second-order valence-electron chi connectivity index (χ2n) is 4.88. The molecule has 17 heavy (non-hydrogen) atoms. The molecule has 3 nitrogen and oxygen atoms in total. The molecule has 2 rings (SSSR count). The second-order valence-corrected chi connectivity index (χ2v) is 6.16. The molecule has 96 valence electrons. The minimum Gasteiger partial charge on any atom is -0.334 e. The lowest BCUT2D eigenvalue weighted by molar-refractivity contribution is 0.343. The topological polar surface area (TPSA) is 29.9 Å². The van der Waals surface area contributed by atoms with E-state index in [2.05, 4.69) is 34.2 Å². The smallest absolute Gasteiger partial charge is 0.122 e. The molecule has 1 aliphatic rings. The van der Waals surface area contributed by atoms with Crippen molar-refractivity contribution in [2.75, 3.05) is 12.8 Å². The maximum atomic E-state index is 4.42. The monoisotopic (exact) mass is 253 g/mol. The molecule has 0 radical (unpaired) electrons. The largest absolute Gasteiger partial charge is 0.334 e. The maximum Gasteiger partial charge on any atom is 0.122 e. The third-order valence-electron chi connectivity index (χ3n) is 3.69. The van der Waals surface area contributed by atoms with Gasteiger partial charge in [0.25, 0.3) is 0 Å². The van der Waals surface area contributed by atoms with Gasteiger partial charge in [-0.2, -0.15) is 11.8 Å². The summed E-state index contributed by atoms with van der Waals surface area (Å²) in [5, 5.41) is 3.58. The van der Waals surface area contributed by atoms with Crippen LogP contribution in [0.15, 0.2) is 12.4 Å². The van der Waals surface area contributed by atoms with Crippen molar-refractivity contribution in [2.45, 2.75) is 50.4 Å². The molecule has 0 amide bonds. The van der Waals surface area contributed by atoms with Crippen LogP contribution in [-0.2, 0) is 13.1 Å². The van der Waals surface area contributed by atoms with Crippen molar-refractivity contribution in [3.05, 3.63) is 18.2 Å². The summed E-state index contributed by atoms with van der Waals surface area (Å²) < 4.78 is 2.77. The molecule has 1 fully saturated rings. The zero-order chi connectivity index (χ0) is 12.1. The highest BCUT2D eigenvalue weighted by Crippen LogP contribution is 2.42. The Balaban J connectivity index is 1.79. The van der Waals surface area contributed by atoms with E-state index >= 15 is 0 Å². The summed E-state index contributed by atoms with van der Waals surface area (Å²) in [4.78, 5) is 4.42. The van der Waals surface area contributed by atoms with Crippen LogP contribution < -0.4 is 5.32 Å². The van der Waals surface area contributed by atoms with Crippen LogP contribution >= 0.6 is 11.8 Å². The first-order chi connectivity index (χ1) is 8.29. The van der Waals surface area contributed by atoms with E-state index in [1.165, 1.54) is 25.1 Å². The standard InChI is InChI=1S/C13H23N3S/c1-3-8-16-9-7-15-12(16)10-14-11-13(17-2)5-4-6-13/h7,9,14H,3-6,8,10-11H2,1-2H3. The van der Waals surface area contributed by atoms with Crippen molar-refractivity contribution >= 4 is 11.8 Å². The molecule has 0 spiro atoms. The third-order valence-corrected chi connectivity index (χ3v) is 5.11. The van der Waals surface area contributed by atoms with E-state index in [0.29, 0.717) is 4.75 Å². The fourth-order valence-electron chi connectivity index (χ4n) is 2.38. The van der Waals surface area contributed by atoms with Gasteiger partial charge in [0.05, 0.1) is 6.54 Å². The highest BCUT2D eigenvalue weighted by atomic mass is 32.2. The van der Waals surface area contributed by atoms with E-state index in [0.717, 1.165) is 26.1 Å². The summed E-state index contributed by atoms with van der Waals surface area (Å²) in [5.74, 6) is 1.17. The Kier molecular flexibility index (Phi) is 4.51. The second kappa shape index (κ2) is 5.91. The predicted molar refractivity (Wildman–Crippen MR) is 74.3 cm³/mol. The fraction of sp³-hybridized carbons (Fsp3) is 0.769. The highest BCUT2D eigenvalue weighted by molar-refractivity contribution is 8.00. The highest BCUT2D eigenvalue weighted by Gasteiger charge is 2.35. The number of aromatic nitrogens is 2. The van der Waals surface area contributed by atoms with Crippen molar-refractivity contribution in [3.63, 3.8) is 0 Å². The van der Waals surface area contributed by atoms with E-state index in [9.17, 15) is 0 Å². The molecule has 0 saturated heterocycles. The van der Waals surface area contributed by atoms with Crippen LogP contribution in [0.2, 0.25) is 0 Å². The van der Waals surface area contributed by atoms with Crippen LogP contribution in [0.5, 0.6) is 0 Å². The fourth-order valence-corrected chi connectivity index (χ4v) is 3.32. The summed E-state index contributed by atoms with van der Waals surface area (Å²) in [6, 6.07) is 0. The van der Waals surface area contributed by atoms with Gasteiger partial charge < -0.3 is 9.88 Å². The van der Waals surface area contributed by atoms with Crippen LogP contribution in [0.25, 0.3) is 0 Å². The quantitative estimate of drug-likeness (QED) is 0.810. The average molecular weight is 253 g/mol. The lowest BCUT2D eigenvalue weighted by atomic mass is 9.84. The summed E-state index contributed by atoms with van der Waals surface area (Å²) in [6.45, 7) is 5.29. The van der Waals surface area contributed by atoms with E-state index in [4.69, 9.17) is 0 Å². The van der Waals surface area contributed by atoms with Crippen LogP contribution in [0, 0.1) is 0 Å². The number of hydrogen-bond donors (Lipinski definition) is 1. The Morgan fingerprint density at radius 2 is 2.35 bits per heavy atom. The molecule has 0 aromatic carbocycles. The molecule has 0 aliphatic heterocycles. The predicted octanol–water partition coefficient (Wildman–Crippen LogP) is 2.67. The van der Waals surface area contributed by atoms with Gasteiger partial charge in [-0.15, -0.1) is 0 Å². The Morgan fingerprint density at radius 3 is 2.94 bits per heavy atom. The molecule has 1 aromatic heterocycles.